The Bertz CT molecular complexity index is 539. The number of carbonyl (C=O) groups excluding carboxylic acids is 3. The Hall–Kier alpha value is -1.54. The lowest BCUT2D eigenvalue weighted by molar-refractivity contribution is -0.122. The van der Waals surface area contributed by atoms with Crippen LogP contribution in [0.3, 0.4) is 0 Å². The van der Waals surface area contributed by atoms with Crippen molar-refractivity contribution >= 4 is 44.9 Å². The molecule has 0 saturated heterocycles. The second-order valence-corrected chi connectivity index (χ2v) is 5.66. The number of halogens is 1. The number of hydrogen-bond donors (Lipinski definition) is 2. The average molecular weight is 346 g/mol. The standard InChI is InChI=1S/C11H12BrN3O3S/c1-3-7(9(17)13-4-6(2)16)14-10(18)8-5-19-11(12)15-8/h3,5H,4H2,1-2H3,(H,13,17)(H,14,18)/b7-3-. The highest BCUT2D eigenvalue weighted by atomic mass is 79.9. The van der Waals surface area contributed by atoms with Gasteiger partial charge in [-0.1, -0.05) is 6.08 Å². The number of allylic oxidation sites excluding steroid dienone is 1. The molecular weight excluding hydrogens is 334 g/mol. The van der Waals surface area contributed by atoms with Crippen molar-refractivity contribution in [3.8, 4) is 0 Å². The molecule has 2 amide bonds. The van der Waals surface area contributed by atoms with E-state index in [4.69, 9.17) is 0 Å². The van der Waals surface area contributed by atoms with E-state index in [0.717, 1.165) is 0 Å². The third-order valence-electron chi connectivity index (χ3n) is 1.99. The third kappa shape index (κ3) is 4.92. The minimum atomic E-state index is -0.514. The smallest absolute Gasteiger partial charge is 0.275 e. The summed E-state index contributed by atoms with van der Waals surface area (Å²) in [5, 5.41) is 6.41. The van der Waals surface area contributed by atoms with Gasteiger partial charge in [-0.15, -0.1) is 11.3 Å². The van der Waals surface area contributed by atoms with Gasteiger partial charge in [-0.2, -0.15) is 0 Å². The van der Waals surface area contributed by atoms with Gasteiger partial charge in [-0.05, 0) is 29.8 Å². The summed E-state index contributed by atoms with van der Waals surface area (Å²) in [6, 6.07) is 0. The van der Waals surface area contributed by atoms with Crippen LogP contribution in [0.5, 0.6) is 0 Å². The third-order valence-corrected chi connectivity index (χ3v) is 3.35. The molecule has 0 bridgehead atoms. The van der Waals surface area contributed by atoms with E-state index >= 15 is 0 Å². The molecule has 1 rings (SSSR count). The quantitative estimate of drug-likeness (QED) is 0.786. The zero-order chi connectivity index (χ0) is 14.4. The summed E-state index contributed by atoms with van der Waals surface area (Å²) in [6.45, 7) is 2.90. The Kier molecular flexibility index (Phi) is 5.84. The molecule has 0 saturated carbocycles. The minimum absolute atomic E-state index is 0.0751. The van der Waals surface area contributed by atoms with E-state index in [1.165, 1.54) is 24.3 Å². The Morgan fingerprint density at radius 3 is 2.63 bits per heavy atom. The Balaban J connectivity index is 2.65. The fraction of sp³-hybridized carbons (Fsp3) is 0.273. The van der Waals surface area contributed by atoms with Crippen LogP contribution in [0.4, 0.5) is 0 Å². The normalized spacial score (nSPS) is 11.0. The van der Waals surface area contributed by atoms with Gasteiger partial charge in [0.15, 0.2) is 3.92 Å². The summed E-state index contributed by atoms with van der Waals surface area (Å²) in [4.78, 5) is 38.2. The Labute approximate surface area is 122 Å². The van der Waals surface area contributed by atoms with Crippen molar-refractivity contribution in [3.63, 3.8) is 0 Å². The lowest BCUT2D eigenvalue weighted by atomic mass is 10.3. The molecule has 1 aromatic rings. The van der Waals surface area contributed by atoms with Crippen molar-refractivity contribution in [2.24, 2.45) is 0 Å². The van der Waals surface area contributed by atoms with E-state index in [9.17, 15) is 14.4 Å². The monoisotopic (exact) mass is 345 g/mol. The predicted molar refractivity (Wildman–Crippen MR) is 74.7 cm³/mol. The first-order chi connectivity index (χ1) is 8.93. The van der Waals surface area contributed by atoms with Gasteiger partial charge < -0.3 is 10.6 Å². The van der Waals surface area contributed by atoms with Crippen LogP contribution in [-0.4, -0.2) is 29.1 Å². The number of carbonyl (C=O) groups is 3. The van der Waals surface area contributed by atoms with Crippen LogP contribution in [-0.2, 0) is 9.59 Å². The summed E-state index contributed by atoms with van der Waals surface area (Å²) >= 11 is 4.42. The van der Waals surface area contributed by atoms with E-state index < -0.39 is 11.8 Å². The SMILES string of the molecule is C/C=C(\NC(=O)c1csc(Br)n1)C(=O)NCC(C)=O. The van der Waals surface area contributed by atoms with Gasteiger partial charge in [0, 0.05) is 5.38 Å². The van der Waals surface area contributed by atoms with Crippen molar-refractivity contribution in [1.29, 1.82) is 0 Å². The molecule has 0 atom stereocenters. The van der Waals surface area contributed by atoms with Crippen LogP contribution in [0.1, 0.15) is 24.3 Å². The van der Waals surface area contributed by atoms with Gasteiger partial charge in [0.2, 0.25) is 0 Å². The maximum absolute atomic E-state index is 11.8. The zero-order valence-electron chi connectivity index (χ0n) is 10.3. The van der Waals surface area contributed by atoms with Crippen molar-refractivity contribution in [2.75, 3.05) is 6.54 Å². The molecule has 6 nitrogen and oxygen atoms in total. The van der Waals surface area contributed by atoms with Crippen LogP contribution in [0, 0.1) is 0 Å². The van der Waals surface area contributed by atoms with Gasteiger partial charge in [0.1, 0.15) is 17.2 Å². The Morgan fingerprint density at radius 2 is 2.16 bits per heavy atom. The fourth-order valence-corrected chi connectivity index (χ4v) is 2.09. The maximum Gasteiger partial charge on any atom is 0.275 e. The fourth-order valence-electron chi connectivity index (χ4n) is 1.10. The zero-order valence-corrected chi connectivity index (χ0v) is 12.7. The molecule has 8 heteroatoms. The number of aromatic nitrogens is 1. The number of amides is 2. The average Bonchev–Trinajstić information content (AvgIpc) is 2.79. The molecule has 1 heterocycles. The number of ketones is 1. The van der Waals surface area contributed by atoms with Crippen molar-refractivity contribution < 1.29 is 14.4 Å². The van der Waals surface area contributed by atoms with Gasteiger partial charge >= 0.3 is 0 Å². The van der Waals surface area contributed by atoms with Crippen molar-refractivity contribution in [2.45, 2.75) is 13.8 Å². The summed E-state index contributed by atoms with van der Waals surface area (Å²) in [6.07, 6.45) is 1.45. The predicted octanol–water partition coefficient (Wildman–Crippen LogP) is 1.24. The number of Topliss-reactive ketones (excluding diaryl/α,β-unsaturated/α-hetero) is 1. The number of thiazole rings is 1. The molecule has 0 aromatic carbocycles. The van der Waals surface area contributed by atoms with Gasteiger partial charge in [0.25, 0.3) is 11.8 Å². The summed E-state index contributed by atoms with van der Waals surface area (Å²) in [5.41, 5.74) is 0.297. The van der Waals surface area contributed by atoms with E-state index in [0.29, 0.717) is 3.92 Å². The van der Waals surface area contributed by atoms with Gasteiger partial charge in [-0.25, -0.2) is 4.98 Å². The lowest BCUT2D eigenvalue weighted by Gasteiger charge is -2.08. The van der Waals surface area contributed by atoms with Gasteiger partial charge in [-0.3, -0.25) is 14.4 Å². The highest BCUT2D eigenvalue weighted by molar-refractivity contribution is 9.11. The van der Waals surface area contributed by atoms with Crippen molar-refractivity contribution in [1.82, 2.24) is 15.6 Å². The molecule has 19 heavy (non-hydrogen) atoms. The lowest BCUT2D eigenvalue weighted by Crippen LogP contribution is -2.36. The Morgan fingerprint density at radius 1 is 1.47 bits per heavy atom. The first-order valence-corrected chi connectivity index (χ1v) is 6.97. The van der Waals surface area contributed by atoms with E-state index in [1.807, 2.05) is 0 Å². The summed E-state index contributed by atoms with van der Waals surface area (Å²) in [5.74, 6) is -1.16. The number of hydrogen-bond acceptors (Lipinski definition) is 5. The molecule has 102 valence electrons. The van der Waals surface area contributed by atoms with E-state index in [-0.39, 0.29) is 23.7 Å². The number of nitrogens with zero attached hydrogens (tertiary/aromatic N) is 1. The maximum atomic E-state index is 11.8. The van der Waals surface area contributed by atoms with Crippen LogP contribution >= 0.6 is 27.3 Å². The largest absolute Gasteiger partial charge is 0.344 e. The molecule has 1 aromatic heterocycles. The van der Waals surface area contributed by atoms with E-state index in [2.05, 4.69) is 31.5 Å². The summed E-state index contributed by atoms with van der Waals surface area (Å²) in [7, 11) is 0. The second-order valence-electron chi connectivity index (χ2n) is 3.53. The van der Waals surface area contributed by atoms with E-state index in [1.54, 1.807) is 12.3 Å². The number of rotatable bonds is 5. The summed E-state index contributed by atoms with van der Waals surface area (Å²) < 4.78 is 0.584. The van der Waals surface area contributed by atoms with Crippen LogP contribution in [0.2, 0.25) is 0 Å². The first-order valence-electron chi connectivity index (χ1n) is 5.30. The molecule has 0 spiro atoms. The van der Waals surface area contributed by atoms with Crippen LogP contribution < -0.4 is 10.6 Å². The van der Waals surface area contributed by atoms with Crippen molar-refractivity contribution in [3.05, 3.63) is 26.8 Å². The molecule has 0 fully saturated rings. The number of nitrogens with one attached hydrogen (secondary N) is 2. The second kappa shape index (κ2) is 7.15. The highest BCUT2D eigenvalue weighted by Crippen LogP contribution is 2.15. The molecule has 0 radical (unpaired) electrons. The molecule has 0 aliphatic carbocycles. The van der Waals surface area contributed by atoms with Gasteiger partial charge in [0.05, 0.1) is 6.54 Å². The highest BCUT2D eigenvalue weighted by Gasteiger charge is 2.15. The molecule has 0 unspecified atom stereocenters. The van der Waals surface area contributed by atoms with Crippen LogP contribution in [0.25, 0.3) is 0 Å². The molecule has 2 N–H and O–H groups in total. The molecule has 0 aliphatic rings. The molecular formula is C11H12BrN3O3S. The topological polar surface area (TPSA) is 88.2 Å². The van der Waals surface area contributed by atoms with Crippen LogP contribution in [0.15, 0.2) is 21.1 Å². The minimum Gasteiger partial charge on any atom is -0.344 e. The molecule has 0 aliphatic heterocycles. The first kappa shape index (κ1) is 15.5.